The summed E-state index contributed by atoms with van der Waals surface area (Å²) in [6, 6.07) is 78.3. The Morgan fingerprint density at radius 1 is 0.266 bits per heavy atom. The molecule has 0 amide bonds. The second-order valence-corrected chi connectivity index (χ2v) is 25.7. The Bertz CT molecular complexity index is 5920. The molecular weight excluding hydrogens is 1150 g/mol. The Kier molecular flexibility index (Phi) is 13.8. The normalized spacial score (nSPS) is 11.5. The molecule has 448 valence electrons. The van der Waals surface area contributed by atoms with E-state index in [0.29, 0.717) is 22.5 Å². The third kappa shape index (κ3) is 9.38. The monoisotopic (exact) mass is 1210 g/mol. The predicted molar refractivity (Wildman–Crippen MR) is 390 cm³/mol. The first-order valence-electron chi connectivity index (χ1n) is 31.7. The standard InChI is InChI=1S/2C43H32N4/c1-25-7-12-33-34-13-8-26(2)18-39(34)46(38(33)17-25)42-22-30(24-44)37(32-16-11-31(45-6)21-29(32)5)23-43(42)47-40-19-27(3)9-14-35(40)36-15-10-28(4)20-41(36)47;1-25-7-12-31(37(17-25)45-6)36-23-43(47-40-20-28(4)10-15-34(40)35-16-11-29(5)21-41(35)47)42(22-30(36)24-44)46-38-18-26(2)8-13-32(38)33-14-9-27(3)19-39(33)46/h2*7-23H,1-5H3. The fraction of sp³-hybridized carbons (Fsp3) is 0.116. The maximum atomic E-state index is 10.7. The number of nitriles is 2. The van der Waals surface area contributed by atoms with Crippen LogP contribution in [-0.2, 0) is 0 Å². The molecule has 4 heterocycles. The van der Waals surface area contributed by atoms with Crippen molar-refractivity contribution < 1.29 is 0 Å². The number of hydrogen-bond donors (Lipinski definition) is 0. The topological polar surface area (TPSA) is 76.0 Å². The lowest BCUT2D eigenvalue weighted by Gasteiger charge is -2.20. The maximum absolute atomic E-state index is 10.7. The summed E-state index contributed by atoms with van der Waals surface area (Å²) in [5.41, 5.74) is 29.6. The van der Waals surface area contributed by atoms with Gasteiger partial charge in [0.2, 0.25) is 0 Å². The van der Waals surface area contributed by atoms with E-state index in [4.69, 9.17) is 13.1 Å². The van der Waals surface area contributed by atoms with E-state index in [-0.39, 0.29) is 0 Å². The average Bonchev–Trinajstić information content (AvgIpc) is 1.54. The summed E-state index contributed by atoms with van der Waals surface area (Å²) in [7, 11) is 0. The van der Waals surface area contributed by atoms with Gasteiger partial charge in [0.1, 0.15) is 0 Å². The fourth-order valence-corrected chi connectivity index (χ4v) is 14.5. The number of rotatable bonds is 6. The second kappa shape index (κ2) is 22.3. The first-order valence-corrected chi connectivity index (χ1v) is 31.7. The molecule has 0 fully saturated rings. The highest BCUT2D eigenvalue weighted by Gasteiger charge is 2.26. The van der Waals surface area contributed by atoms with Gasteiger partial charge in [-0.25, -0.2) is 9.69 Å². The molecule has 0 saturated carbocycles. The maximum Gasteiger partial charge on any atom is 0.195 e. The highest BCUT2D eigenvalue weighted by Crippen LogP contribution is 2.46. The van der Waals surface area contributed by atoms with Gasteiger partial charge in [0, 0.05) is 48.7 Å². The van der Waals surface area contributed by atoms with Crippen molar-refractivity contribution >= 4 is 98.6 Å². The van der Waals surface area contributed by atoms with E-state index in [1.54, 1.807) is 0 Å². The minimum Gasteiger partial charge on any atom is -0.307 e. The molecule has 8 heteroatoms. The molecule has 16 aromatic rings. The van der Waals surface area contributed by atoms with Gasteiger partial charge in [-0.05, 0) is 203 Å². The van der Waals surface area contributed by atoms with E-state index in [1.165, 1.54) is 87.6 Å². The van der Waals surface area contributed by atoms with E-state index < -0.39 is 0 Å². The first kappa shape index (κ1) is 58.2. The average molecular weight is 1210 g/mol. The van der Waals surface area contributed by atoms with Gasteiger partial charge in [0.05, 0.1) is 103 Å². The minimum atomic E-state index is 0.529. The molecule has 0 spiro atoms. The van der Waals surface area contributed by atoms with Crippen molar-refractivity contribution in [3.8, 4) is 57.1 Å². The van der Waals surface area contributed by atoms with E-state index in [1.807, 2.05) is 56.3 Å². The van der Waals surface area contributed by atoms with Crippen molar-refractivity contribution in [2.24, 2.45) is 0 Å². The zero-order chi connectivity index (χ0) is 65.1. The molecule has 0 bridgehead atoms. The Hall–Kier alpha value is -12.2. The van der Waals surface area contributed by atoms with Crippen LogP contribution in [0.1, 0.15) is 66.8 Å². The summed E-state index contributed by atoms with van der Waals surface area (Å²) in [5, 5.41) is 30.9. The summed E-state index contributed by atoms with van der Waals surface area (Å²) >= 11 is 0. The van der Waals surface area contributed by atoms with Crippen LogP contribution < -0.4 is 0 Å². The lowest BCUT2D eigenvalue weighted by molar-refractivity contribution is 1.09. The van der Waals surface area contributed by atoms with Crippen molar-refractivity contribution in [1.82, 2.24) is 18.3 Å². The van der Waals surface area contributed by atoms with Crippen molar-refractivity contribution in [3.05, 3.63) is 296 Å². The highest BCUT2D eigenvalue weighted by atomic mass is 15.1. The largest absolute Gasteiger partial charge is 0.307 e. The number of aromatic nitrogens is 4. The molecule has 94 heavy (non-hydrogen) atoms. The summed E-state index contributed by atoms with van der Waals surface area (Å²) in [4.78, 5) is 7.55. The van der Waals surface area contributed by atoms with Crippen molar-refractivity contribution in [2.45, 2.75) is 69.2 Å². The summed E-state index contributed by atoms with van der Waals surface area (Å²) in [6.07, 6.45) is 0. The van der Waals surface area contributed by atoms with Gasteiger partial charge in [-0.3, -0.25) is 0 Å². The highest BCUT2D eigenvalue weighted by molar-refractivity contribution is 6.14. The second-order valence-electron chi connectivity index (χ2n) is 25.7. The van der Waals surface area contributed by atoms with Gasteiger partial charge in [-0.15, -0.1) is 0 Å². The Labute approximate surface area is 546 Å². The van der Waals surface area contributed by atoms with E-state index in [0.717, 1.165) is 100 Å². The van der Waals surface area contributed by atoms with Crippen molar-refractivity contribution in [3.63, 3.8) is 0 Å². The molecule has 0 aliphatic carbocycles. The zero-order valence-electron chi connectivity index (χ0n) is 54.2. The summed E-state index contributed by atoms with van der Waals surface area (Å²) < 4.78 is 9.43. The number of hydrogen-bond acceptors (Lipinski definition) is 2. The molecule has 0 radical (unpaired) electrons. The van der Waals surface area contributed by atoms with Crippen LogP contribution in [0.5, 0.6) is 0 Å². The zero-order valence-corrected chi connectivity index (χ0v) is 54.2. The summed E-state index contributed by atoms with van der Waals surface area (Å²) in [5.74, 6) is 0. The Morgan fingerprint density at radius 3 is 0.787 bits per heavy atom. The van der Waals surface area contributed by atoms with Crippen LogP contribution in [0.25, 0.3) is 142 Å². The van der Waals surface area contributed by atoms with Crippen LogP contribution in [0.4, 0.5) is 11.4 Å². The molecule has 0 aliphatic heterocycles. The van der Waals surface area contributed by atoms with Crippen LogP contribution in [0.2, 0.25) is 0 Å². The van der Waals surface area contributed by atoms with E-state index in [9.17, 15) is 10.5 Å². The SMILES string of the molecule is [C-]#[N+]c1cc(C)ccc1-c1cc(-n2c3cc(C)ccc3c3ccc(C)cc32)c(-n2c3cc(C)ccc3c3ccc(C)cc32)cc1C#N.[C-]#[N+]c1ccc(-c2cc(-n3c4cc(C)ccc4c4ccc(C)cc43)c(-n3c4cc(C)ccc4c4ccc(C)cc43)cc2C#N)c(C)c1. The van der Waals surface area contributed by atoms with Gasteiger partial charge in [0.15, 0.2) is 11.4 Å². The number of fused-ring (bicyclic) bond motifs is 12. The van der Waals surface area contributed by atoms with Gasteiger partial charge in [-0.2, -0.15) is 10.5 Å². The molecule has 0 saturated heterocycles. The lowest BCUT2D eigenvalue weighted by Crippen LogP contribution is -2.06. The number of nitrogens with zero attached hydrogens (tertiary/aromatic N) is 8. The molecule has 0 atom stereocenters. The minimum absolute atomic E-state index is 0.529. The Morgan fingerprint density at radius 2 is 0.521 bits per heavy atom. The summed E-state index contributed by atoms with van der Waals surface area (Å²) in [6.45, 7) is 36.6. The Balaban J connectivity index is 0.000000155. The van der Waals surface area contributed by atoms with Crippen LogP contribution in [0.3, 0.4) is 0 Å². The van der Waals surface area contributed by atoms with Crippen LogP contribution in [0, 0.1) is 105 Å². The number of benzene rings is 12. The molecule has 16 rings (SSSR count). The molecule has 4 aromatic heterocycles. The fourth-order valence-electron chi connectivity index (χ4n) is 14.5. The van der Waals surface area contributed by atoms with Gasteiger partial charge in [-0.1, -0.05) is 145 Å². The predicted octanol–water partition coefficient (Wildman–Crippen LogP) is 23.0. The van der Waals surface area contributed by atoms with Crippen LogP contribution >= 0.6 is 0 Å². The van der Waals surface area contributed by atoms with Gasteiger partial charge in [0.25, 0.3) is 0 Å². The van der Waals surface area contributed by atoms with E-state index >= 15 is 0 Å². The first-order chi connectivity index (χ1) is 45.5. The van der Waals surface area contributed by atoms with Crippen LogP contribution in [0.15, 0.2) is 206 Å². The lowest BCUT2D eigenvalue weighted by atomic mass is 9.94. The van der Waals surface area contributed by atoms with Crippen LogP contribution in [-0.4, -0.2) is 18.3 Å². The van der Waals surface area contributed by atoms with Gasteiger partial charge >= 0.3 is 0 Å². The molecule has 0 aliphatic rings. The van der Waals surface area contributed by atoms with Crippen molar-refractivity contribution in [2.75, 3.05) is 0 Å². The molecule has 12 aromatic carbocycles. The molecule has 0 N–H and O–H groups in total. The van der Waals surface area contributed by atoms with Gasteiger partial charge < -0.3 is 18.3 Å². The molecule has 8 nitrogen and oxygen atoms in total. The number of aryl methyl sites for hydroxylation is 10. The molecule has 0 unspecified atom stereocenters. The quantitative estimate of drug-likeness (QED) is 0.156. The molecular formula is C86H64N8. The third-order valence-corrected chi connectivity index (χ3v) is 18.9. The van der Waals surface area contributed by atoms with Crippen molar-refractivity contribution in [1.29, 1.82) is 10.5 Å². The van der Waals surface area contributed by atoms with E-state index in [2.05, 4.69) is 259 Å². The third-order valence-electron chi connectivity index (χ3n) is 18.9. The smallest absolute Gasteiger partial charge is 0.195 e.